The molecule has 0 radical (unpaired) electrons. The van der Waals surface area contributed by atoms with E-state index in [1.165, 1.54) is 22.1 Å². The number of nitrogens with zero attached hydrogens (tertiary/aromatic N) is 3. The molecular weight excluding hydrogens is 566 g/mol. The largest absolute Gasteiger partial charge is 0.457 e. The van der Waals surface area contributed by atoms with Gasteiger partial charge < -0.3 is 19.3 Å². The molecule has 0 spiro atoms. The van der Waals surface area contributed by atoms with Crippen LogP contribution in [0.3, 0.4) is 0 Å². The minimum absolute atomic E-state index is 0.754. The first-order valence-electron chi connectivity index (χ1n) is 15.4. The Labute approximate surface area is 268 Å². The van der Waals surface area contributed by atoms with Crippen molar-refractivity contribution in [2.45, 2.75) is 0 Å². The third kappa shape index (κ3) is 5.39. The van der Waals surface area contributed by atoms with E-state index in [0.717, 1.165) is 57.7 Å². The molecule has 46 heavy (non-hydrogen) atoms. The van der Waals surface area contributed by atoms with E-state index in [4.69, 9.17) is 14.5 Å². The maximum Gasteiger partial charge on any atom is 0.129 e. The van der Waals surface area contributed by atoms with Crippen molar-refractivity contribution in [3.63, 3.8) is 0 Å². The van der Waals surface area contributed by atoms with Crippen molar-refractivity contribution in [3.05, 3.63) is 158 Å². The second-order valence-electron chi connectivity index (χ2n) is 11.4. The summed E-state index contributed by atoms with van der Waals surface area (Å²) in [5.41, 5.74) is 7.51. The number of ether oxygens (including phenoxy) is 2. The number of pyridine rings is 1. The van der Waals surface area contributed by atoms with Crippen molar-refractivity contribution in [2.24, 2.45) is 0 Å². The van der Waals surface area contributed by atoms with E-state index in [9.17, 15) is 0 Å². The Hall–Kier alpha value is -6.07. The molecule has 0 amide bonds. The number of benzene rings is 6. The predicted molar refractivity (Wildman–Crippen MR) is 187 cm³/mol. The van der Waals surface area contributed by atoms with Crippen LogP contribution in [0, 0.1) is 0 Å². The van der Waals surface area contributed by atoms with Crippen molar-refractivity contribution in [2.75, 3.05) is 23.5 Å². The number of hydrogen-bond donors (Lipinski definition) is 0. The molecule has 0 aliphatic carbocycles. The molecule has 0 N–H and O–H groups in total. The van der Waals surface area contributed by atoms with Crippen LogP contribution in [0.25, 0.3) is 33.2 Å². The molecule has 1 aliphatic rings. The number of aromatic nitrogens is 1. The summed E-state index contributed by atoms with van der Waals surface area (Å²) in [6.07, 6.45) is 1.85. The fraction of sp³-hybridized carbons (Fsp3) is 0.0488. The van der Waals surface area contributed by atoms with Gasteiger partial charge in [-0.1, -0.05) is 78.9 Å². The normalized spacial score (nSPS) is 12.3. The molecule has 222 valence electrons. The second kappa shape index (κ2) is 11.8. The Morgan fingerprint density at radius 3 is 2.04 bits per heavy atom. The molecule has 5 nitrogen and oxygen atoms in total. The molecule has 0 saturated heterocycles. The van der Waals surface area contributed by atoms with Gasteiger partial charge in [-0.25, -0.2) is 0 Å². The van der Waals surface area contributed by atoms with Crippen LogP contribution in [0.15, 0.2) is 158 Å². The molecular formula is C41H31N3O2. The lowest BCUT2D eigenvalue weighted by Crippen LogP contribution is -2.23. The first-order valence-corrected chi connectivity index (χ1v) is 15.4. The fourth-order valence-corrected chi connectivity index (χ4v) is 6.11. The van der Waals surface area contributed by atoms with Crippen LogP contribution in [0.1, 0.15) is 0 Å². The Balaban J connectivity index is 1.05. The molecule has 0 bridgehead atoms. The minimum atomic E-state index is 0.754. The van der Waals surface area contributed by atoms with Gasteiger partial charge in [-0.15, -0.1) is 0 Å². The first-order chi connectivity index (χ1) is 22.7. The van der Waals surface area contributed by atoms with E-state index in [1.807, 2.05) is 79.0 Å². The zero-order valence-electron chi connectivity index (χ0n) is 25.4. The van der Waals surface area contributed by atoms with Crippen LogP contribution in [0.2, 0.25) is 0 Å². The Bertz CT molecular complexity index is 2180. The second-order valence-corrected chi connectivity index (χ2v) is 11.4. The average Bonchev–Trinajstić information content (AvgIpc) is 3.46. The Kier molecular flexibility index (Phi) is 7.04. The molecule has 7 aromatic rings. The van der Waals surface area contributed by atoms with Gasteiger partial charge in [0.05, 0.1) is 23.7 Å². The summed E-state index contributed by atoms with van der Waals surface area (Å²) >= 11 is 0. The fourth-order valence-electron chi connectivity index (χ4n) is 6.11. The summed E-state index contributed by atoms with van der Waals surface area (Å²) in [6.45, 7) is 0.769. The van der Waals surface area contributed by atoms with Gasteiger partial charge in [-0.05, 0) is 83.2 Å². The summed E-state index contributed by atoms with van der Waals surface area (Å²) in [4.78, 5) is 9.34. The summed E-state index contributed by atoms with van der Waals surface area (Å²) in [6, 6.07) is 51.4. The van der Waals surface area contributed by atoms with Crippen LogP contribution < -0.4 is 19.3 Å². The van der Waals surface area contributed by atoms with Crippen LogP contribution in [0.5, 0.6) is 23.0 Å². The highest BCUT2D eigenvalue weighted by molar-refractivity contribution is 6.04. The molecule has 8 rings (SSSR count). The van der Waals surface area contributed by atoms with Gasteiger partial charge in [0.15, 0.2) is 0 Å². The Morgan fingerprint density at radius 1 is 0.543 bits per heavy atom. The van der Waals surface area contributed by atoms with Crippen molar-refractivity contribution >= 4 is 27.8 Å². The first kappa shape index (κ1) is 27.5. The summed E-state index contributed by atoms with van der Waals surface area (Å²) in [7, 11) is 2.14. The lowest BCUT2D eigenvalue weighted by Gasteiger charge is -2.21. The number of fused-ring (bicyclic) bond motifs is 3. The Morgan fingerprint density at radius 2 is 1.20 bits per heavy atom. The molecule has 0 unspecified atom stereocenters. The summed E-state index contributed by atoms with van der Waals surface area (Å²) < 4.78 is 12.5. The van der Waals surface area contributed by atoms with Gasteiger partial charge in [0.2, 0.25) is 0 Å². The van der Waals surface area contributed by atoms with E-state index >= 15 is 0 Å². The van der Waals surface area contributed by atoms with Gasteiger partial charge in [-0.2, -0.15) is 0 Å². The van der Waals surface area contributed by atoms with Crippen molar-refractivity contribution < 1.29 is 9.47 Å². The van der Waals surface area contributed by atoms with Gasteiger partial charge in [0.1, 0.15) is 23.0 Å². The molecule has 0 saturated carbocycles. The molecule has 5 heteroatoms. The maximum atomic E-state index is 6.45. The number of hydrogen-bond acceptors (Lipinski definition) is 5. The quantitative estimate of drug-likeness (QED) is 0.183. The molecule has 1 aliphatic heterocycles. The molecule has 1 aromatic heterocycles. The van der Waals surface area contributed by atoms with E-state index in [2.05, 4.69) is 95.7 Å². The zero-order chi connectivity index (χ0) is 30.9. The van der Waals surface area contributed by atoms with Crippen LogP contribution in [-0.4, -0.2) is 18.7 Å². The minimum Gasteiger partial charge on any atom is -0.457 e. The molecule has 6 aromatic carbocycles. The van der Waals surface area contributed by atoms with Crippen molar-refractivity contribution in [1.29, 1.82) is 0 Å². The predicted octanol–water partition coefficient (Wildman–Crippen LogP) is 10.7. The van der Waals surface area contributed by atoms with Gasteiger partial charge >= 0.3 is 0 Å². The highest BCUT2D eigenvalue weighted by Gasteiger charge is 2.26. The van der Waals surface area contributed by atoms with E-state index in [1.54, 1.807) is 0 Å². The highest BCUT2D eigenvalue weighted by Crippen LogP contribution is 2.45. The lowest BCUT2D eigenvalue weighted by molar-refractivity contribution is 0.482. The highest BCUT2D eigenvalue weighted by atomic mass is 16.5. The summed E-state index contributed by atoms with van der Waals surface area (Å²) in [5, 5.41) is 2.48. The molecule has 0 fully saturated rings. The van der Waals surface area contributed by atoms with Crippen molar-refractivity contribution in [3.8, 4) is 45.4 Å². The lowest BCUT2D eigenvalue weighted by atomic mass is 10.0. The van der Waals surface area contributed by atoms with Crippen LogP contribution >= 0.6 is 0 Å². The number of rotatable bonds is 7. The van der Waals surface area contributed by atoms with Gasteiger partial charge in [0, 0.05) is 35.9 Å². The SMILES string of the molecule is CN1CN(c2cccc(Oc3cccc(-c4cc(-c5cccc(Oc6ccccc6)c5)ccn4)c3)c2)c2c1ccc1ccccc21. The molecule has 0 atom stereocenters. The van der Waals surface area contributed by atoms with E-state index < -0.39 is 0 Å². The zero-order valence-corrected chi connectivity index (χ0v) is 25.4. The van der Waals surface area contributed by atoms with Crippen LogP contribution in [0.4, 0.5) is 17.1 Å². The standard InChI is InChI=1S/C41H31N3O2/c1-43-28-44(41-38-19-6-5-10-29(38)20-21-40(41)43)33-13-9-18-37(27-33)46-36-17-8-12-32(25-36)39-26-31(22-23-42-39)30-11-7-16-35(24-30)45-34-14-3-2-4-15-34/h2-27H,28H2,1H3. The summed E-state index contributed by atoms with van der Waals surface area (Å²) in [5.74, 6) is 3.13. The topological polar surface area (TPSA) is 37.8 Å². The monoisotopic (exact) mass is 597 g/mol. The maximum absolute atomic E-state index is 6.45. The van der Waals surface area contributed by atoms with E-state index in [0.29, 0.717) is 0 Å². The molecule has 2 heterocycles. The average molecular weight is 598 g/mol. The number of para-hydroxylation sites is 1. The van der Waals surface area contributed by atoms with Gasteiger partial charge in [0.25, 0.3) is 0 Å². The number of anilines is 3. The third-order valence-corrected chi connectivity index (χ3v) is 8.32. The van der Waals surface area contributed by atoms with Crippen LogP contribution in [-0.2, 0) is 0 Å². The van der Waals surface area contributed by atoms with Gasteiger partial charge in [-0.3, -0.25) is 4.98 Å². The smallest absolute Gasteiger partial charge is 0.129 e. The third-order valence-electron chi connectivity index (χ3n) is 8.32. The van der Waals surface area contributed by atoms with Crippen molar-refractivity contribution in [1.82, 2.24) is 4.98 Å². The van der Waals surface area contributed by atoms with E-state index in [-0.39, 0.29) is 0 Å².